The second-order valence-corrected chi connectivity index (χ2v) is 6.97. The van der Waals surface area contributed by atoms with Crippen molar-refractivity contribution in [2.45, 2.75) is 19.9 Å². The number of oxazole rings is 1. The van der Waals surface area contributed by atoms with Gasteiger partial charge in [-0.3, -0.25) is 4.99 Å². The number of aliphatic imine (C=N–C) groups is 1. The third kappa shape index (κ3) is 4.48. The summed E-state index contributed by atoms with van der Waals surface area (Å²) >= 11 is 0. The number of aryl methyl sites for hydroxylation is 1. The van der Waals surface area contributed by atoms with Crippen LogP contribution in [0.2, 0.25) is 0 Å². The summed E-state index contributed by atoms with van der Waals surface area (Å²) in [6.07, 6.45) is 4.66. The number of benzene rings is 2. The van der Waals surface area contributed by atoms with Crippen LogP contribution in [0.3, 0.4) is 0 Å². The Balaban J connectivity index is 1.29. The van der Waals surface area contributed by atoms with Gasteiger partial charge in [0, 0.05) is 36.3 Å². The highest BCUT2D eigenvalue weighted by Gasteiger charge is 2.08. The number of fused-ring (bicyclic) bond motifs is 1. The molecule has 0 atom stereocenters. The van der Waals surface area contributed by atoms with E-state index < -0.39 is 0 Å². The highest BCUT2D eigenvalue weighted by Crippen LogP contribution is 2.19. The van der Waals surface area contributed by atoms with Crippen molar-refractivity contribution in [3.63, 3.8) is 0 Å². The van der Waals surface area contributed by atoms with E-state index in [-0.39, 0.29) is 0 Å². The lowest BCUT2D eigenvalue weighted by atomic mass is 10.1. The molecule has 3 N–H and O–H groups in total. The van der Waals surface area contributed by atoms with E-state index in [4.69, 9.17) is 4.42 Å². The predicted molar refractivity (Wildman–Crippen MR) is 117 cm³/mol. The molecule has 4 rings (SSSR count). The number of nitrogens with one attached hydrogen (secondary N) is 3. The smallest absolute Gasteiger partial charge is 0.226 e. The average Bonchev–Trinajstić information content (AvgIpc) is 3.38. The summed E-state index contributed by atoms with van der Waals surface area (Å²) in [6.45, 7) is 3.39. The maximum Gasteiger partial charge on any atom is 0.226 e. The molecule has 0 aliphatic rings. The van der Waals surface area contributed by atoms with Crippen molar-refractivity contribution in [3.05, 3.63) is 77.8 Å². The second kappa shape index (κ2) is 8.65. The first-order chi connectivity index (χ1) is 14.2. The minimum Gasteiger partial charge on any atom is -0.444 e. The van der Waals surface area contributed by atoms with Crippen LogP contribution in [0.1, 0.15) is 16.8 Å². The van der Waals surface area contributed by atoms with Gasteiger partial charge in [-0.15, -0.1) is 0 Å². The summed E-state index contributed by atoms with van der Waals surface area (Å²) < 4.78 is 5.61. The van der Waals surface area contributed by atoms with Crippen molar-refractivity contribution in [3.8, 4) is 11.5 Å². The Morgan fingerprint density at radius 2 is 1.93 bits per heavy atom. The molecule has 2 heterocycles. The molecule has 0 unspecified atom stereocenters. The number of nitrogens with zero attached hydrogens (tertiary/aromatic N) is 2. The topological polar surface area (TPSA) is 78.2 Å². The van der Waals surface area contributed by atoms with E-state index in [0.717, 1.165) is 30.2 Å². The van der Waals surface area contributed by atoms with Crippen LogP contribution in [-0.2, 0) is 13.0 Å². The van der Waals surface area contributed by atoms with Crippen molar-refractivity contribution in [1.82, 2.24) is 20.6 Å². The van der Waals surface area contributed by atoms with Gasteiger partial charge in [0.1, 0.15) is 6.26 Å². The molecule has 0 radical (unpaired) electrons. The summed E-state index contributed by atoms with van der Waals surface area (Å²) in [4.78, 5) is 12.2. The summed E-state index contributed by atoms with van der Waals surface area (Å²) in [5.74, 6) is 1.37. The van der Waals surface area contributed by atoms with Crippen LogP contribution in [0.4, 0.5) is 0 Å². The minimum atomic E-state index is 0.544. The first-order valence-corrected chi connectivity index (χ1v) is 9.74. The molecule has 0 amide bonds. The SMILES string of the molecule is CN=C(NCCc1c[nH]c2ccccc12)NCc1coc(-c2ccc(C)cc2)n1. The third-order valence-electron chi connectivity index (χ3n) is 4.87. The van der Waals surface area contributed by atoms with Gasteiger partial charge in [-0.05, 0) is 37.1 Å². The second-order valence-electron chi connectivity index (χ2n) is 6.97. The molecule has 6 heteroatoms. The van der Waals surface area contributed by atoms with Gasteiger partial charge in [0.05, 0.1) is 12.2 Å². The fraction of sp³-hybridized carbons (Fsp3) is 0.217. The van der Waals surface area contributed by atoms with E-state index in [1.165, 1.54) is 22.0 Å². The molecule has 2 aromatic heterocycles. The summed E-state index contributed by atoms with van der Waals surface area (Å²) in [7, 11) is 1.77. The summed E-state index contributed by atoms with van der Waals surface area (Å²) in [5.41, 5.74) is 5.48. The Morgan fingerprint density at radius 1 is 1.10 bits per heavy atom. The molecule has 0 aliphatic carbocycles. The Hall–Kier alpha value is -3.54. The Labute approximate surface area is 170 Å². The molecule has 4 aromatic rings. The molecular weight excluding hydrogens is 362 g/mol. The number of aromatic amines is 1. The molecule has 0 saturated carbocycles. The third-order valence-corrected chi connectivity index (χ3v) is 4.87. The van der Waals surface area contributed by atoms with Crippen LogP contribution in [0.5, 0.6) is 0 Å². The number of aromatic nitrogens is 2. The van der Waals surface area contributed by atoms with Gasteiger partial charge in [0.25, 0.3) is 0 Å². The maximum absolute atomic E-state index is 5.61. The van der Waals surface area contributed by atoms with E-state index in [0.29, 0.717) is 12.4 Å². The number of rotatable bonds is 6. The summed E-state index contributed by atoms with van der Waals surface area (Å²) in [5, 5.41) is 7.91. The van der Waals surface area contributed by atoms with Crippen LogP contribution < -0.4 is 10.6 Å². The molecule has 0 bridgehead atoms. The van der Waals surface area contributed by atoms with Crippen LogP contribution in [0, 0.1) is 6.92 Å². The van der Waals surface area contributed by atoms with Gasteiger partial charge in [-0.1, -0.05) is 35.9 Å². The Bertz CT molecular complexity index is 1110. The molecular formula is C23H25N5O. The zero-order valence-corrected chi connectivity index (χ0v) is 16.7. The zero-order chi connectivity index (χ0) is 20.1. The first kappa shape index (κ1) is 18.8. The van der Waals surface area contributed by atoms with E-state index in [9.17, 15) is 0 Å². The molecule has 0 fully saturated rings. The number of guanidine groups is 1. The quantitative estimate of drug-likeness (QED) is 0.345. The average molecular weight is 387 g/mol. The predicted octanol–water partition coefficient (Wildman–Crippen LogP) is 4.04. The van der Waals surface area contributed by atoms with E-state index in [1.54, 1.807) is 13.3 Å². The molecule has 0 saturated heterocycles. The van der Waals surface area contributed by atoms with Crippen molar-refractivity contribution < 1.29 is 4.42 Å². The highest BCUT2D eigenvalue weighted by atomic mass is 16.3. The zero-order valence-electron chi connectivity index (χ0n) is 16.7. The van der Waals surface area contributed by atoms with Crippen molar-refractivity contribution in [2.24, 2.45) is 4.99 Å². The maximum atomic E-state index is 5.61. The van der Waals surface area contributed by atoms with Gasteiger partial charge in [-0.2, -0.15) is 0 Å². The lowest BCUT2D eigenvalue weighted by Gasteiger charge is -2.10. The van der Waals surface area contributed by atoms with Gasteiger partial charge in [0.15, 0.2) is 5.96 Å². The van der Waals surface area contributed by atoms with Crippen molar-refractivity contribution in [2.75, 3.05) is 13.6 Å². The fourth-order valence-corrected chi connectivity index (χ4v) is 3.27. The van der Waals surface area contributed by atoms with Crippen molar-refractivity contribution in [1.29, 1.82) is 0 Å². The van der Waals surface area contributed by atoms with Gasteiger partial charge in [-0.25, -0.2) is 4.98 Å². The minimum absolute atomic E-state index is 0.544. The van der Waals surface area contributed by atoms with Gasteiger partial charge in [0.2, 0.25) is 5.89 Å². The Kier molecular flexibility index (Phi) is 5.61. The van der Waals surface area contributed by atoms with Crippen LogP contribution in [-0.4, -0.2) is 29.5 Å². The molecule has 148 valence electrons. The number of hydrogen-bond donors (Lipinski definition) is 3. The number of H-pyrrole nitrogens is 1. The van der Waals surface area contributed by atoms with Crippen LogP contribution in [0.15, 0.2) is 70.4 Å². The molecule has 6 nitrogen and oxygen atoms in total. The van der Waals surface area contributed by atoms with Crippen LogP contribution >= 0.6 is 0 Å². The first-order valence-electron chi connectivity index (χ1n) is 9.74. The fourth-order valence-electron chi connectivity index (χ4n) is 3.27. The lowest BCUT2D eigenvalue weighted by molar-refractivity contribution is 0.572. The number of hydrogen-bond acceptors (Lipinski definition) is 3. The summed E-state index contributed by atoms with van der Waals surface area (Å²) in [6, 6.07) is 16.5. The van der Waals surface area contributed by atoms with Gasteiger partial charge >= 0.3 is 0 Å². The standard InChI is InChI=1S/C23H25N5O/c1-16-7-9-17(10-8-16)22-28-19(15-29-22)14-27-23(24-2)25-12-11-18-13-26-21-6-4-3-5-20(18)21/h3-10,13,15,26H,11-12,14H2,1-2H3,(H2,24,25,27). The van der Waals surface area contributed by atoms with Crippen LogP contribution in [0.25, 0.3) is 22.4 Å². The highest BCUT2D eigenvalue weighted by molar-refractivity contribution is 5.83. The van der Waals surface area contributed by atoms with E-state index in [1.807, 2.05) is 18.2 Å². The van der Waals surface area contributed by atoms with Gasteiger partial charge < -0.3 is 20.0 Å². The Morgan fingerprint density at radius 3 is 2.76 bits per heavy atom. The normalized spacial score (nSPS) is 11.7. The molecule has 0 spiro atoms. The molecule has 2 aromatic carbocycles. The van der Waals surface area contributed by atoms with Crippen molar-refractivity contribution >= 4 is 16.9 Å². The molecule has 29 heavy (non-hydrogen) atoms. The molecule has 0 aliphatic heterocycles. The number of para-hydroxylation sites is 1. The monoisotopic (exact) mass is 387 g/mol. The largest absolute Gasteiger partial charge is 0.444 e. The lowest BCUT2D eigenvalue weighted by Crippen LogP contribution is -2.37. The van der Waals surface area contributed by atoms with E-state index in [2.05, 4.69) is 69.0 Å². The van der Waals surface area contributed by atoms with E-state index >= 15 is 0 Å².